The van der Waals surface area contributed by atoms with Gasteiger partial charge >= 0.3 is 5.97 Å². The van der Waals surface area contributed by atoms with Crippen LogP contribution in [0.4, 0.5) is 10.1 Å². The molecule has 0 spiro atoms. The van der Waals surface area contributed by atoms with E-state index in [1.54, 1.807) is 18.5 Å². The molecular weight excluding hydrogens is 425 g/mol. The summed E-state index contributed by atoms with van der Waals surface area (Å²) in [5.41, 5.74) is -0.0191. The Kier molecular flexibility index (Phi) is 6.08. The predicted molar refractivity (Wildman–Crippen MR) is 109 cm³/mol. The Labute approximate surface area is 180 Å². The number of hydrogen-bond donors (Lipinski definition) is 0. The van der Waals surface area contributed by atoms with Crippen molar-refractivity contribution in [2.45, 2.75) is 17.3 Å². The molecule has 2 aromatic heterocycles. The van der Waals surface area contributed by atoms with Crippen LogP contribution in [0.1, 0.15) is 12.2 Å². The first kappa shape index (κ1) is 20.7. The predicted octanol–water partition coefficient (Wildman–Crippen LogP) is 2.82. The molecule has 0 N–H and O–H groups in total. The zero-order valence-electron chi connectivity index (χ0n) is 16.1. The van der Waals surface area contributed by atoms with Crippen molar-refractivity contribution in [1.82, 2.24) is 9.97 Å². The van der Waals surface area contributed by atoms with Gasteiger partial charge in [-0.25, -0.2) is 14.4 Å². The van der Waals surface area contributed by atoms with Gasteiger partial charge in [-0.2, -0.15) is 0 Å². The zero-order valence-corrected chi connectivity index (χ0v) is 16.9. The maximum atomic E-state index is 13.1. The molecular formula is C21H16FN3O5S. The van der Waals surface area contributed by atoms with E-state index in [2.05, 4.69) is 9.97 Å². The molecule has 4 rings (SSSR count). The number of rotatable bonds is 6. The zero-order chi connectivity index (χ0) is 21.8. The smallest absolute Gasteiger partial charge is 0.316 e. The molecule has 3 heterocycles. The van der Waals surface area contributed by atoms with Crippen LogP contribution in [-0.2, 0) is 15.3 Å². The van der Waals surface area contributed by atoms with Crippen molar-refractivity contribution in [3.63, 3.8) is 0 Å². The highest BCUT2D eigenvalue weighted by molar-refractivity contribution is 7.98. The van der Waals surface area contributed by atoms with Crippen LogP contribution >= 0.6 is 11.8 Å². The number of thioether (sulfide) groups is 1. The van der Waals surface area contributed by atoms with Crippen LogP contribution in [0.15, 0.2) is 69.4 Å². The number of hydrogen-bond acceptors (Lipinski definition) is 8. The number of nitrogens with zero attached hydrogens (tertiary/aromatic N) is 3. The second-order valence-electron chi connectivity index (χ2n) is 6.70. The molecule has 31 heavy (non-hydrogen) atoms. The molecule has 10 heteroatoms. The van der Waals surface area contributed by atoms with E-state index in [0.29, 0.717) is 22.4 Å². The van der Waals surface area contributed by atoms with Crippen LogP contribution in [0.5, 0.6) is 5.75 Å². The lowest BCUT2D eigenvalue weighted by Crippen LogP contribution is -2.28. The monoisotopic (exact) mass is 441 g/mol. The molecule has 1 fully saturated rings. The minimum atomic E-state index is -0.748. The number of halogens is 1. The summed E-state index contributed by atoms with van der Waals surface area (Å²) in [5, 5.41) is 0.539. The van der Waals surface area contributed by atoms with Crippen molar-refractivity contribution in [3.05, 3.63) is 76.9 Å². The Morgan fingerprint density at radius 2 is 1.97 bits per heavy atom. The maximum Gasteiger partial charge on any atom is 0.316 e. The van der Waals surface area contributed by atoms with Gasteiger partial charge in [-0.3, -0.25) is 14.4 Å². The van der Waals surface area contributed by atoms with Gasteiger partial charge < -0.3 is 14.1 Å². The topological polar surface area (TPSA) is 103 Å². The fraction of sp³-hybridized carbons (Fsp3) is 0.190. The molecule has 8 nitrogen and oxygen atoms in total. The van der Waals surface area contributed by atoms with E-state index < -0.39 is 23.1 Å². The van der Waals surface area contributed by atoms with E-state index in [0.717, 1.165) is 6.26 Å². The van der Waals surface area contributed by atoms with Gasteiger partial charge in [0.15, 0.2) is 5.16 Å². The van der Waals surface area contributed by atoms with Crippen molar-refractivity contribution in [1.29, 1.82) is 0 Å². The number of esters is 1. The maximum absolute atomic E-state index is 13.1. The van der Waals surface area contributed by atoms with Gasteiger partial charge in [0.2, 0.25) is 17.1 Å². The Morgan fingerprint density at radius 1 is 1.23 bits per heavy atom. The second kappa shape index (κ2) is 9.09. The molecule has 0 aliphatic carbocycles. The van der Waals surface area contributed by atoms with E-state index in [9.17, 15) is 18.8 Å². The average Bonchev–Trinajstić information content (AvgIpc) is 3.17. The summed E-state index contributed by atoms with van der Waals surface area (Å²) < 4.78 is 23.7. The Hall–Kier alpha value is -3.53. The number of carbonyl (C=O) groups is 2. The van der Waals surface area contributed by atoms with Gasteiger partial charge in [0.1, 0.15) is 17.8 Å². The average molecular weight is 441 g/mol. The second-order valence-corrected chi connectivity index (χ2v) is 7.64. The highest BCUT2D eigenvalue weighted by Gasteiger charge is 2.36. The first-order chi connectivity index (χ1) is 15.0. The Bertz CT molecular complexity index is 1150. The standard InChI is InChI=1S/C21H16FN3O5S/c22-14-2-4-15(5-3-14)25-10-13(8-19(25)27)20(28)30-18-11-29-16(9-17(18)26)12-31-21-23-6-1-7-24-21/h1-7,9,11,13H,8,10,12H2. The van der Waals surface area contributed by atoms with Gasteiger partial charge in [0, 0.05) is 37.1 Å². The summed E-state index contributed by atoms with van der Waals surface area (Å²) >= 11 is 1.29. The van der Waals surface area contributed by atoms with E-state index in [4.69, 9.17) is 9.15 Å². The number of ether oxygens (including phenoxy) is 1. The minimum absolute atomic E-state index is 0.0622. The summed E-state index contributed by atoms with van der Waals surface area (Å²) in [5.74, 6) is -1.69. The Morgan fingerprint density at radius 3 is 2.68 bits per heavy atom. The number of anilines is 1. The van der Waals surface area contributed by atoms with Gasteiger partial charge in [0.25, 0.3) is 0 Å². The van der Waals surface area contributed by atoms with Crippen molar-refractivity contribution >= 4 is 29.3 Å². The third kappa shape index (κ3) is 4.97. The number of aromatic nitrogens is 2. The quantitative estimate of drug-likeness (QED) is 0.327. The lowest BCUT2D eigenvalue weighted by molar-refractivity contribution is -0.139. The first-order valence-electron chi connectivity index (χ1n) is 9.29. The number of amides is 1. The molecule has 0 saturated carbocycles. The summed E-state index contributed by atoms with van der Waals surface area (Å²) in [6.07, 6.45) is 4.24. The van der Waals surface area contributed by atoms with Crippen LogP contribution in [0.25, 0.3) is 0 Å². The Balaban J connectivity index is 1.37. The van der Waals surface area contributed by atoms with Crippen molar-refractivity contribution in [2.24, 2.45) is 5.92 Å². The molecule has 1 aromatic carbocycles. The van der Waals surface area contributed by atoms with Crippen molar-refractivity contribution in [2.75, 3.05) is 11.4 Å². The largest absolute Gasteiger partial charge is 0.464 e. The summed E-state index contributed by atoms with van der Waals surface area (Å²) in [6.45, 7) is 0.0838. The third-order valence-electron chi connectivity index (χ3n) is 4.55. The summed E-state index contributed by atoms with van der Waals surface area (Å²) in [4.78, 5) is 46.6. The molecule has 1 aliphatic rings. The van der Waals surface area contributed by atoms with E-state index in [-0.39, 0.29) is 24.6 Å². The molecule has 1 atom stereocenters. The first-order valence-corrected chi connectivity index (χ1v) is 10.3. The van der Waals surface area contributed by atoms with Crippen LogP contribution in [0, 0.1) is 11.7 Å². The minimum Gasteiger partial charge on any atom is -0.464 e. The summed E-state index contributed by atoms with van der Waals surface area (Å²) in [6, 6.07) is 8.35. The number of benzene rings is 1. The lowest BCUT2D eigenvalue weighted by Gasteiger charge is -2.16. The van der Waals surface area contributed by atoms with Crippen LogP contribution in [-0.4, -0.2) is 28.4 Å². The lowest BCUT2D eigenvalue weighted by atomic mass is 10.1. The number of carbonyl (C=O) groups excluding carboxylic acids is 2. The molecule has 1 unspecified atom stereocenters. The fourth-order valence-electron chi connectivity index (χ4n) is 3.01. The van der Waals surface area contributed by atoms with Gasteiger partial charge in [-0.15, -0.1) is 0 Å². The van der Waals surface area contributed by atoms with Crippen molar-refractivity contribution < 1.29 is 23.1 Å². The van der Waals surface area contributed by atoms with Crippen LogP contribution < -0.4 is 15.1 Å². The van der Waals surface area contributed by atoms with Crippen LogP contribution in [0.2, 0.25) is 0 Å². The molecule has 1 saturated heterocycles. The SMILES string of the molecule is O=C(Oc1coc(CSc2ncccn2)cc1=O)C1CC(=O)N(c2ccc(F)cc2)C1. The van der Waals surface area contributed by atoms with E-state index in [1.165, 1.54) is 47.0 Å². The van der Waals surface area contributed by atoms with E-state index >= 15 is 0 Å². The van der Waals surface area contributed by atoms with Crippen molar-refractivity contribution in [3.8, 4) is 5.75 Å². The molecule has 0 radical (unpaired) electrons. The molecule has 1 aliphatic heterocycles. The molecule has 1 amide bonds. The molecule has 3 aromatic rings. The van der Waals surface area contributed by atoms with Gasteiger partial charge in [-0.1, -0.05) is 11.8 Å². The normalized spacial score (nSPS) is 15.8. The van der Waals surface area contributed by atoms with E-state index in [1.807, 2.05) is 0 Å². The molecule has 158 valence electrons. The van der Waals surface area contributed by atoms with Gasteiger partial charge in [-0.05, 0) is 30.3 Å². The third-order valence-corrected chi connectivity index (χ3v) is 5.44. The summed E-state index contributed by atoms with van der Waals surface area (Å²) in [7, 11) is 0. The highest BCUT2D eigenvalue weighted by Crippen LogP contribution is 2.26. The highest BCUT2D eigenvalue weighted by atomic mass is 32.2. The van der Waals surface area contributed by atoms with Crippen LogP contribution in [0.3, 0.4) is 0 Å². The van der Waals surface area contributed by atoms with Gasteiger partial charge in [0.05, 0.1) is 11.7 Å². The fourth-order valence-corrected chi connectivity index (χ4v) is 3.71. The molecule has 0 bridgehead atoms.